The minimum Gasteiger partial charge on any atom is -0.481 e. The fraction of sp³-hybridized carbons (Fsp3) is 0.500. The van der Waals surface area contributed by atoms with Gasteiger partial charge in [0.05, 0.1) is 19.7 Å². The van der Waals surface area contributed by atoms with Crippen LogP contribution < -0.4 is 9.64 Å². The van der Waals surface area contributed by atoms with Crippen LogP contribution in [0.1, 0.15) is 12.8 Å². The van der Waals surface area contributed by atoms with E-state index in [9.17, 15) is 0 Å². The molecule has 0 bridgehead atoms. The highest BCUT2D eigenvalue weighted by Crippen LogP contribution is 2.24. The Bertz CT molecular complexity index is 529. The predicted molar refractivity (Wildman–Crippen MR) is 69.0 cm³/mol. The first-order chi connectivity index (χ1) is 9.36. The summed E-state index contributed by atoms with van der Waals surface area (Å²) in [5.41, 5.74) is 0. The predicted octanol–water partition coefficient (Wildman–Crippen LogP) is 0.746. The van der Waals surface area contributed by atoms with Crippen LogP contribution in [0, 0.1) is 0 Å². The van der Waals surface area contributed by atoms with E-state index in [1.807, 2.05) is 4.68 Å². The molecule has 0 unspecified atom stereocenters. The molecule has 0 amide bonds. The minimum absolute atomic E-state index is 0.355. The van der Waals surface area contributed by atoms with E-state index in [1.165, 1.54) is 0 Å². The number of hydrogen-bond acceptors (Lipinski definition) is 6. The van der Waals surface area contributed by atoms with Gasteiger partial charge in [-0.1, -0.05) is 0 Å². The molecule has 7 nitrogen and oxygen atoms in total. The maximum absolute atomic E-state index is 5.15. The van der Waals surface area contributed by atoms with Gasteiger partial charge in [-0.05, 0) is 12.8 Å². The summed E-state index contributed by atoms with van der Waals surface area (Å²) < 4.78 is 7.00. The lowest BCUT2D eigenvalue weighted by molar-refractivity contribution is 0.396. The number of nitrogens with zero attached hydrogens (tertiary/aromatic N) is 6. The molecule has 1 fully saturated rings. The van der Waals surface area contributed by atoms with Gasteiger partial charge in [0, 0.05) is 18.8 Å². The molecule has 0 saturated carbocycles. The zero-order valence-electron chi connectivity index (χ0n) is 10.8. The standard InChI is InChI=1S/C12H16N6O/c1-19-11-4-5-14-12(16-11)18-6-2-3-10(18)7-17-9-13-8-15-17/h4-5,8-10H,2-3,6-7H2,1H3/t10-/m1/s1. The molecule has 0 N–H and O–H groups in total. The summed E-state index contributed by atoms with van der Waals surface area (Å²) in [6.45, 7) is 1.77. The van der Waals surface area contributed by atoms with Gasteiger partial charge in [0.15, 0.2) is 0 Å². The van der Waals surface area contributed by atoms with Gasteiger partial charge >= 0.3 is 0 Å². The van der Waals surface area contributed by atoms with Crippen molar-refractivity contribution < 1.29 is 4.74 Å². The lowest BCUT2D eigenvalue weighted by atomic mass is 10.2. The van der Waals surface area contributed by atoms with Gasteiger partial charge in [-0.25, -0.2) is 9.97 Å². The Morgan fingerprint density at radius 1 is 1.47 bits per heavy atom. The smallest absolute Gasteiger partial charge is 0.228 e. The normalized spacial score (nSPS) is 18.8. The van der Waals surface area contributed by atoms with Crippen molar-refractivity contribution in [3.8, 4) is 5.88 Å². The second kappa shape index (κ2) is 5.21. The number of ether oxygens (including phenoxy) is 1. The zero-order chi connectivity index (χ0) is 13.1. The van der Waals surface area contributed by atoms with Gasteiger partial charge in [-0.15, -0.1) is 0 Å². The number of anilines is 1. The van der Waals surface area contributed by atoms with E-state index < -0.39 is 0 Å². The van der Waals surface area contributed by atoms with Gasteiger partial charge in [0.25, 0.3) is 0 Å². The molecule has 19 heavy (non-hydrogen) atoms. The van der Waals surface area contributed by atoms with Gasteiger partial charge < -0.3 is 9.64 Å². The summed E-state index contributed by atoms with van der Waals surface area (Å²) in [6, 6.07) is 2.11. The van der Waals surface area contributed by atoms with E-state index in [1.54, 1.807) is 32.0 Å². The molecule has 2 aromatic rings. The molecule has 1 aliphatic rings. The van der Waals surface area contributed by atoms with Crippen LogP contribution in [0.3, 0.4) is 0 Å². The van der Waals surface area contributed by atoms with Crippen molar-refractivity contribution in [2.24, 2.45) is 0 Å². The second-order valence-corrected chi connectivity index (χ2v) is 4.51. The van der Waals surface area contributed by atoms with Crippen molar-refractivity contribution in [3.05, 3.63) is 24.9 Å². The van der Waals surface area contributed by atoms with E-state index in [4.69, 9.17) is 4.74 Å². The van der Waals surface area contributed by atoms with Crippen LogP contribution in [0.2, 0.25) is 0 Å². The van der Waals surface area contributed by atoms with Crippen LogP contribution in [0.15, 0.2) is 24.9 Å². The Hall–Kier alpha value is -2.18. The minimum atomic E-state index is 0.355. The van der Waals surface area contributed by atoms with Crippen LogP contribution >= 0.6 is 0 Å². The Labute approximate surface area is 111 Å². The summed E-state index contributed by atoms with van der Waals surface area (Å²) in [6.07, 6.45) is 7.27. The van der Waals surface area contributed by atoms with Crippen molar-refractivity contribution >= 4 is 5.95 Å². The highest BCUT2D eigenvalue weighted by atomic mass is 16.5. The fourth-order valence-corrected chi connectivity index (χ4v) is 2.42. The molecular weight excluding hydrogens is 244 g/mol. The first kappa shape index (κ1) is 11.9. The zero-order valence-corrected chi connectivity index (χ0v) is 10.8. The Morgan fingerprint density at radius 3 is 3.21 bits per heavy atom. The molecular formula is C12H16N6O. The number of methoxy groups -OCH3 is 1. The van der Waals surface area contributed by atoms with Crippen molar-refractivity contribution in [2.45, 2.75) is 25.4 Å². The van der Waals surface area contributed by atoms with E-state index in [0.29, 0.717) is 11.9 Å². The van der Waals surface area contributed by atoms with Crippen LogP contribution in [-0.4, -0.2) is 44.4 Å². The highest BCUT2D eigenvalue weighted by molar-refractivity contribution is 5.35. The summed E-state index contributed by atoms with van der Waals surface area (Å²) in [7, 11) is 1.61. The van der Waals surface area contributed by atoms with Crippen LogP contribution in [0.5, 0.6) is 5.88 Å². The van der Waals surface area contributed by atoms with Crippen molar-refractivity contribution in [3.63, 3.8) is 0 Å². The topological polar surface area (TPSA) is 69.0 Å². The third-order valence-corrected chi connectivity index (χ3v) is 3.32. The maximum atomic E-state index is 5.15. The SMILES string of the molecule is COc1ccnc(N2CCC[C@@H]2Cn2cncn2)n1. The number of hydrogen-bond donors (Lipinski definition) is 0. The molecule has 100 valence electrons. The Kier molecular flexibility index (Phi) is 3.26. The Morgan fingerprint density at radius 2 is 2.42 bits per heavy atom. The highest BCUT2D eigenvalue weighted by Gasteiger charge is 2.27. The van der Waals surface area contributed by atoms with Crippen molar-refractivity contribution in [1.29, 1.82) is 0 Å². The van der Waals surface area contributed by atoms with Gasteiger partial charge in [-0.2, -0.15) is 10.1 Å². The number of aromatic nitrogens is 5. The molecule has 0 spiro atoms. The van der Waals surface area contributed by atoms with Crippen molar-refractivity contribution in [1.82, 2.24) is 24.7 Å². The lowest BCUT2D eigenvalue weighted by Crippen LogP contribution is -2.34. The summed E-state index contributed by atoms with van der Waals surface area (Å²) >= 11 is 0. The largest absolute Gasteiger partial charge is 0.481 e. The molecule has 3 heterocycles. The van der Waals surface area contributed by atoms with Gasteiger partial charge in [0.2, 0.25) is 11.8 Å². The molecule has 1 aliphatic heterocycles. The summed E-state index contributed by atoms with van der Waals surface area (Å²) in [5, 5.41) is 4.15. The molecule has 7 heteroatoms. The first-order valence-corrected chi connectivity index (χ1v) is 6.33. The van der Waals surface area contributed by atoms with E-state index in [0.717, 1.165) is 31.9 Å². The Balaban J connectivity index is 1.78. The first-order valence-electron chi connectivity index (χ1n) is 6.33. The molecule has 2 aromatic heterocycles. The van der Waals surface area contributed by atoms with Gasteiger partial charge in [-0.3, -0.25) is 4.68 Å². The molecule has 0 aromatic carbocycles. The number of rotatable bonds is 4. The average Bonchev–Trinajstić information content (AvgIpc) is 3.11. The van der Waals surface area contributed by atoms with E-state index >= 15 is 0 Å². The van der Waals surface area contributed by atoms with Crippen LogP contribution in [-0.2, 0) is 6.54 Å². The quantitative estimate of drug-likeness (QED) is 0.808. The lowest BCUT2D eigenvalue weighted by Gasteiger charge is -2.24. The summed E-state index contributed by atoms with van der Waals surface area (Å²) in [4.78, 5) is 14.9. The molecule has 1 saturated heterocycles. The second-order valence-electron chi connectivity index (χ2n) is 4.51. The van der Waals surface area contributed by atoms with Crippen LogP contribution in [0.25, 0.3) is 0 Å². The molecule has 0 radical (unpaired) electrons. The van der Waals surface area contributed by atoms with E-state index in [2.05, 4.69) is 25.0 Å². The van der Waals surface area contributed by atoms with E-state index in [-0.39, 0.29) is 0 Å². The molecule has 1 atom stereocenters. The monoisotopic (exact) mass is 260 g/mol. The molecule has 0 aliphatic carbocycles. The third-order valence-electron chi connectivity index (χ3n) is 3.32. The van der Waals surface area contributed by atoms with Crippen molar-refractivity contribution in [2.75, 3.05) is 18.6 Å². The maximum Gasteiger partial charge on any atom is 0.228 e. The average molecular weight is 260 g/mol. The van der Waals surface area contributed by atoms with Crippen LogP contribution in [0.4, 0.5) is 5.95 Å². The molecule has 3 rings (SSSR count). The summed E-state index contributed by atoms with van der Waals surface area (Å²) in [5.74, 6) is 1.32. The fourth-order valence-electron chi connectivity index (χ4n) is 2.42. The van der Waals surface area contributed by atoms with Gasteiger partial charge in [0.1, 0.15) is 12.7 Å². The third kappa shape index (κ3) is 2.49.